The molecule has 2 aromatic rings. The Morgan fingerprint density at radius 3 is 2.81 bits per heavy atom. The van der Waals surface area contributed by atoms with Crippen LogP contribution in [0.15, 0.2) is 42.6 Å². The van der Waals surface area contributed by atoms with Gasteiger partial charge in [-0.2, -0.15) is 0 Å². The number of ether oxygens (including phenoxy) is 1. The van der Waals surface area contributed by atoms with Crippen molar-refractivity contribution in [3.63, 3.8) is 0 Å². The van der Waals surface area contributed by atoms with Crippen molar-refractivity contribution in [1.82, 2.24) is 10.3 Å². The van der Waals surface area contributed by atoms with Crippen molar-refractivity contribution >= 4 is 5.91 Å². The molecule has 1 aromatic heterocycles. The standard InChI is InChI=1S/C17H20N2O2/c1-3-4-10-18-17(20)14-8-9-16(19-12-14)13-6-5-7-15(11-13)21-2/h5-9,11-12H,3-4,10H2,1-2H3,(H,18,20). The van der Waals surface area contributed by atoms with E-state index >= 15 is 0 Å². The summed E-state index contributed by atoms with van der Waals surface area (Å²) in [6.45, 7) is 2.80. The monoisotopic (exact) mass is 284 g/mol. The van der Waals surface area contributed by atoms with Gasteiger partial charge >= 0.3 is 0 Å². The number of rotatable bonds is 6. The molecule has 1 amide bonds. The lowest BCUT2D eigenvalue weighted by molar-refractivity contribution is 0.0953. The molecule has 0 saturated heterocycles. The maximum Gasteiger partial charge on any atom is 0.252 e. The number of hydrogen-bond donors (Lipinski definition) is 1. The van der Waals surface area contributed by atoms with Crippen LogP contribution in [0, 0.1) is 0 Å². The number of carbonyl (C=O) groups is 1. The van der Waals surface area contributed by atoms with Crippen molar-refractivity contribution in [3.8, 4) is 17.0 Å². The van der Waals surface area contributed by atoms with E-state index in [1.807, 2.05) is 30.3 Å². The van der Waals surface area contributed by atoms with Crippen LogP contribution in [0.5, 0.6) is 5.75 Å². The van der Waals surface area contributed by atoms with Crippen LogP contribution in [0.2, 0.25) is 0 Å². The van der Waals surface area contributed by atoms with Crippen molar-refractivity contribution in [2.45, 2.75) is 19.8 Å². The first-order chi connectivity index (χ1) is 10.2. The third-order valence-corrected chi connectivity index (χ3v) is 3.21. The number of methoxy groups -OCH3 is 1. The van der Waals surface area contributed by atoms with Gasteiger partial charge in [0.2, 0.25) is 0 Å². The van der Waals surface area contributed by atoms with E-state index in [-0.39, 0.29) is 5.91 Å². The van der Waals surface area contributed by atoms with Gasteiger partial charge in [0.05, 0.1) is 18.4 Å². The highest BCUT2D eigenvalue weighted by atomic mass is 16.5. The third-order valence-electron chi connectivity index (χ3n) is 3.21. The summed E-state index contributed by atoms with van der Waals surface area (Å²) in [5, 5.41) is 2.88. The average Bonchev–Trinajstić information content (AvgIpc) is 2.55. The zero-order valence-corrected chi connectivity index (χ0v) is 12.4. The van der Waals surface area contributed by atoms with Gasteiger partial charge in [-0.1, -0.05) is 25.5 Å². The van der Waals surface area contributed by atoms with Gasteiger partial charge in [0.15, 0.2) is 0 Å². The molecule has 4 heteroatoms. The molecule has 21 heavy (non-hydrogen) atoms. The smallest absolute Gasteiger partial charge is 0.252 e. The highest BCUT2D eigenvalue weighted by Crippen LogP contribution is 2.22. The summed E-state index contributed by atoms with van der Waals surface area (Å²) in [5.74, 6) is 0.712. The summed E-state index contributed by atoms with van der Waals surface area (Å²) in [6.07, 6.45) is 3.66. The number of amides is 1. The molecule has 0 atom stereocenters. The Bertz CT molecular complexity index is 594. The number of hydrogen-bond acceptors (Lipinski definition) is 3. The minimum atomic E-state index is -0.0758. The molecular weight excluding hydrogens is 264 g/mol. The van der Waals surface area contributed by atoms with Crippen LogP contribution in [0.3, 0.4) is 0 Å². The molecule has 0 unspecified atom stereocenters. The number of unbranched alkanes of at least 4 members (excludes halogenated alkanes) is 1. The fourth-order valence-corrected chi connectivity index (χ4v) is 1.96. The molecule has 0 aliphatic rings. The highest BCUT2D eigenvalue weighted by Gasteiger charge is 2.06. The minimum Gasteiger partial charge on any atom is -0.497 e. The van der Waals surface area contributed by atoms with E-state index in [9.17, 15) is 4.79 Å². The molecule has 1 aromatic carbocycles. The predicted molar refractivity (Wildman–Crippen MR) is 83.5 cm³/mol. The normalized spacial score (nSPS) is 10.2. The lowest BCUT2D eigenvalue weighted by Crippen LogP contribution is -2.24. The number of carbonyl (C=O) groups excluding carboxylic acids is 1. The molecule has 0 aliphatic heterocycles. The van der Waals surface area contributed by atoms with Gasteiger partial charge in [0.1, 0.15) is 5.75 Å². The van der Waals surface area contributed by atoms with Gasteiger partial charge in [-0.3, -0.25) is 9.78 Å². The van der Waals surface area contributed by atoms with Gasteiger partial charge in [0.25, 0.3) is 5.91 Å². The molecule has 4 nitrogen and oxygen atoms in total. The van der Waals surface area contributed by atoms with Crippen LogP contribution in [0.25, 0.3) is 11.3 Å². The van der Waals surface area contributed by atoms with Crippen LogP contribution in [-0.2, 0) is 0 Å². The van der Waals surface area contributed by atoms with Gasteiger partial charge in [-0.15, -0.1) is 0 Å². The fraction of sp³-hybridized carbons (Fsp3) is 0.294. The molecule has 0 aliphatic carbocycles. The molecular formula is C17H20N2O2. The molecule has 0 bridgehead atoms. The van der Waals surface area contributed by atoms with Crippen LogP contribution in [-0.4, -0.2) is 24.5 Å². The molecule has 0 saturated carbocycles. The van der Waals surface area contributed by atoms with E-state index in [0.717, 1.165) is 29.8 Å². The van der Waals surface area contributed by atoms with E-state index in [2.05, 4.69) is 17.2 Å². The molecule has 0 radical (unpaired) electrons. The molecule has 0 fully saturated rings. The van der Waals surface area contributed by atoms with Gasteiger partial charge < -0.3 is 10.1 Å². The second-order valence-corrected chi connectivity index (χ2v) is 4.77. The van der Waals surface area contributed by atoms with Crippen molar-refractivity contribution in [3.05, 3.63) is 48.2 Å². The van der Waals surface area contributed by atoms with Gasteiger partial charge in [-0.25, -0.2) is 0 Å². The molecule has 0 spiro atoms. The third kappa shape index (κ3) is 4.05. The maximum absolute atomic E-state index is 11.9. The Hall–Kier alpha value is -2.36. The Balaban J connectivity index is 2.09. The summed E-state index contributed by atoms with van der Waals surface area (Å²) < 4.78 is 5.20. The van der Waals surface area contributed by atoms with E-state index in [4.69, 9.17) is 4.74 Å². The first-order valence-corrected chi connectivity index (χ1v) is 7.13. The molecule has 1 N–H and O–H groups in total. The van der Waals surface area contributed by atoms with Gasteiger partial charge in [-0.05, 0) is 30.7 Å². The predicted octanol–water partition coefficient (Wildman–Crippen LogP) is 3.29. The van der Waals surface area contributed by atoms with E-state index in [1.165, 1.54) is 0 Å². The van der Waals surface area contributed by atoms with Crippen LogP contribution < -0.4 is 10.1 Å². The number of nitrogens with one attached hydrogen (secondary N) is 1. The summed E-state index contributed by atoms with van der Waals surface area (Å²) in [7, 11) is 1.64. The summed E-state index contributed by atoms with van der Waals surface area (Å²) >= 11 is 0. The van der Waals surface area contributed by atoms with E-state index in [1.54, 1.807) is 19.4 Å². The maximum atomic E-state index is 11.9. The highest BCUT2D eigenvalue weighted by molar-refractivity contribution is 5.94. The van der Waals surface area contributed by atoms with Gasteiger partial charge in [0, 0.05) is 18.3 Å². The summed E-state index contributed by atoms with van der Waals surface area (Å²) in [6, 6.07) is 11.3. The number of nitrogens with zero attached hydrogens (tertiary/aromatic N) is 1. The zero-order chi connectivity index (χ0) is 15.1. The van der Waals surface area contributed by atoms with Crippen LogP contribution >= 0.6 is 0 Å². The van der Waals surface area contributed by atoms with Crippen molar-refractivity contribution in [2.24, 2.45) is 0 Å². The van der Waals surface area contributed by atoms with Crippen LogP contribution in [0.4, 0.5) is 0 Å². The summed E-state index contributed by atoms with van der Waals surface area (Å²) in [5.41, 5.74) is 2.36. The first-order valence-electron chi connectivity index (χ1n) is 7.13. The van der Waals surface area contributed by atoms with Crippen molar-refractivity contribution in [2.75, 3.05) is 13.7 Å². The second kappa shape index (κ2) is 7.43. The minimum absolute atomic E-state index is 0.0758. The number of benzene rings is 1. The molecule has 2 rings (SSSR count). The Morgan fingerprint density at radius 2 is 2.14 bits per heavy atom. The van der Waals surface area contributed by atoms with Crippen molar-refractivity contribution in [1.29, 1.82) is 0 Å². The Labute approximate surface area is 125 Å². The largest absolute Gasteiger partial charge is 0.497 e. The Morgan fingerprint density at radius 1 is 1.29 bits per heavy atom. The van der Waals surface area contributed by atoms with Crippen molar-refractivity contribution < 1.29 is 9.53 Å². The van der Waals surface area contributed by atoms with Crippen LogP contribution in [0.1, 0.15) is 30.1 Å². The zero-order valence-electron chi connectivity index (χ0n) is 12.4. The second-order valence-electron chi connectivity index (χ2n) is 4.77. The van der Waals surface area contributed by atoms with E-state index < -0.39 is 0 Å². The lowest BCUT2D eigenvalue weighted by Gasteiger charge is -2.06. The molecule has 110 valence electrons. The average molecular weight is 284 g/mol. The summed E-state index contributed by atoms with van der Waals surface area (Å²) in [4.78, 5) is 16.3. The lowest BCUT2D eigenvalue weighted by atomic mass is 10.1. The number of aromatic nitrogens is 1. The Kier molecular flexibility index (Phi) is 5.32. The van der Waals surface area contributed by atoms with E-state index in [0.29, 0.717) is 12.1 Å². The number of pyridine rings is 1. The first kappa shape index (κ1) is 15.0. The SMILES string of the molecule is CCCCNC(=O)c1ccc(-c2cccc(OC)c2)nc1. The molecule has 1 heterocycles. The quantitative estimate of drug-likeness (QED) is 0.828. The fourth-order valence-electron chi connectivity index (χ4n) is 1.96. The topological polar surface area (TPSA) is 51.2 Å².